The minimum Gasteiger partial charge on any atom is -0.385 e. The van der Waals surface area contributed by atoms with Gasteiger partial charge in [-0.05, 0) is 42.7 Å². The zero-order chi connectivity index (χ0) is 9.97. The molecular formula is C11H12N2S. The number of thioether (sulfide) groups is 1. The summed E-state index contributed by atoms with van der Waals surface area (Å²) in [6, 6.07) is 12.2. The van der Waals surface area contributed by atoms with E-state index < -0.39 is 0 Å². The maximum absolute atomic E-state index is 5.80. The highest BCUT2D eigenvalue weighted by Gasteiger charge is 1.98. The first-order valence-electron chi connectivity index (χ1n) is 4.38. The molecule has 0 atom stereocenters. The average Bonchev–Trinajstić information content (AvgIpc) is 2.65. The molecule has 14 heavy (non-hydrogen) atoms. The van der Waals surface area contributed by atoms with Gasteiger partial charge in [-0.3, -0.25) is 0 Å². The number of rotatable bonds is 2. The number of hydrogen-bond acceptors (Lipinski definition) is 2. The van der Waals surface area contributed by atoms with E-state index in [1.54, 1.807) is 11.8 Å². The van der Waals surface area contributed by atoms with Crippen molar-refractivity contribution in [2.24, 2.45) is 0 Å². The second-order valence-electron chi connectivity index (χ2n) is 3.00. The van der Waals surface area contributed by atoms with Gasteiger partial charge in [0.25, 0.3) is 0 Å². The van der Waals surface area contributed by atoms with E-state index in [0.717, 1.165) is 11.5 Å². The van der Waals surface area contributed by atoms with Crippen molar-refractivity contribution in [1.29, 1.82) is 0 Å². The molecule has 1 aromatic heterocycles. The van der Waals surface area contributed by atoms with Crippen LogP contribution in [0.2, 0.25) is 0 Å². The molecule has 72 valence electrons. The van der Waals surface area contributed by atoms with Gasteiger partial charge < -0.3 is 10.3 Å². The fraction of sp³-hybridized carbons (Fsp3) is 0.0909. The van der Waals surface area contributed by atoms with E-state index in [4.69, 9.17) is 5.73 Å². The number of nitrogen functional groups attached to an aromatic ring is 1. The Morgan fingerprint density at radius 1 is 1.14 bits per heavy atom. The van der Waals surface area contributed by atoms with E-state index in [1.165, 1.54) is 4.90 Å². The number of aromatic nitrogens is 1. The fourth-order valence-corrected chi connectivity index (χ4v) is 1.78. The van der Waals surface area contributed by atoms with Crippen molar-refractivity contribution in [2.45, 2.75) is 4.90 Å². The minimum absolute atomic E-state index is 0.766. The first-order valence-corrected chi connectivity index (χ1v) is 5.61. The summed E-state index contributed by atoms with van der Waals surface area (Å²) in [4.78, 5) is 1.26. The van der Waals surface area contributed by atoms with Crippen LogP contribution in [0.3, 0.4) is 0 Å². The minimum atomic E-state index is 0.766. The lowest BCUT2D eigenvalue weighted by atomic mass is 10.3. The van der Waals surface area contributed by atoms with Gasteiger partial charge in [-0.1, -0.05) is 0 Å². The molecule has 0 aliphatic rings. The van der Waals surface area contributed by atoms with E-state index in [9.17, 15) is 0 Å². The van der Waals surface area contributed by atoms with Crippen molar-refractivity contribution in [3.63, 3.8) is 0 Å². The largest absolute Gasteiger partial charge is 0.385 e. The molecule has 2 rings (SSSR count). The molecule has 1 aromatic carbocycles. The van der Waals surface area contributed by atoms with Crippen LogP contribution in [0, 0.1) is 0 Å². The van der Waals surface area contributed by atoms with Crippen LogP contribution in [-0.2, 0) is 0 Å². The lowest BCUT2D eigenvalue weighted by Gasteiger charge is -2.05. The molecule has 0 unspecified atom stereocenters. The van der Waals surface area contributed by atoms with Crippen molar-refractivity contribution in [3.8, 4) is 5.69 Å². The zero-order valence-electron chi connectivity index (χ0n) is 7.97. The van der Waals surface area contributed by atoms with Crippen molar-refractivity contribution >= 4 is 17.6 Å². The molecule has 1 heterocycles. The predicted molar refractivity (Wildman–Crippen MR) is 62.0 cm³/mol. The molecule has 0 spiro atoms. The Bertz CT molecular complexity index is 417. The van der Waals surface area contributed by atoms with Gasteiger partial charge in [0.05, 0.1) is 0 Å². The Labute approximate surface area is 87.7 Å². The maximum Gasteiger partial charge on any atom is 0.107 e. The van der Waals surface area contributed by atoms with Crippen molar-refractivity contribution in [2.75, 3.05) is 12.0 Å². The SMILES string of the molecule is CSc1ccc(-n2cccc2N)cc1. The van der Waals surface area contributed by atoms with E-state index in [1.807, 2.05) is 22.9 Å². The van der Waals surface area contributed by atoms with Crippen LogP contribution in [0.25, 0.3) is 5.69 Å². The van der Waals surface area contributed by atoms with Crippen LogP contribution in [0.15, 0.2) is 47.5 Å². The fourth-order valence-electron chi connectivity index (χ4n) is 1.37. The van der Waals surface area contributed by atoms with Gasteiger partial charge in [0.15, 0.2) is 0 Å². The summed E-state index contributed by atoms with van der Waals surface area (Å²) >= 11 is 1.74. The van der Waals surface area contributed by atoms with E-state index in [0.29, 0.717) is 0 Å². The van der Waals surface area contributed by atoms with Gasteiger partial charge in [0, 0.05) is 16.8 Å². The molecule has 3 heteroatoms. The van der Waals surface area contributed by atoms with Gasteiger partial charge in [-0.2, -0.15) is 0 Å². The van der Waals surface area contributed by atoms with Crippen LogP contribution in [-0.4, -0.2) is 10.8 Å². The summed E-state index contributed by atoms with van der Waals surface area (Å²) in [5, 5.41) is 0. The molecule has 0 saturated carbocycles. The van der Waals surface area contributed by atoms with Crippen molar-refractivity contribution in [3.05, 3.63) is 42.6 Å². The molecule has 0 amide bonds. The number of benzene rings is 1. The van der Waals surface area contributed by atoms with Crippen molar-refractivity contribution in [1.82, 2.24) is 4.57 Å². The van der Waals surface area contributed by atoms with Crippen LogP contribution in [0.4, 0.5) is 5.82 Å². The van der Waals surface area contributed by atoms with E-state index >= 15 is 0 Å². The summed E-state index contributed by atoms with van der Waals surface area (Å²) in [6.07, 6.45) is 4.03. The van der Waals surface area contributed by atoms with E-state index in [-0.39, 0.29) is 0 Å². The van der Waals surface area contributed by atoms with Crippen LogP contribution in [0.1, 0.15) is 0 Å². The third kappa shape index (κ3) is 1.63. The number of nitrogens with zero attached hydrogens (tertiary/aromatic N) is 1. The van der Waals surface area contributed by atoms with Crippen LogP contribution >= 0.6 is 11.8 Å². The molecule has 0 bridgehead atoms. The molecule has 0 aliphatic carbocycles. The maximum atomic E-state index is 5.80. The van der Waals surface area contributed by atoms with Gasteiger partial charge in [0.1, 0.15) is 5.82 Å². The highest BCUT2D eigenvalue weighted by molar-refractivity contribution is 7.98. The highest BCUT2D eigenvalue weighted by atomic mass is 32.2. The smallest absolute Gasteiger partial charge is 0.107 e. The first-order chi connectivity index (χ1) is 6.81. The Balaban J connectivity index is 2.39. The summed E-state index contributed by atoms with van der Waals surface area (Å²) in [7, 11) is 0. The van der Waals surface area contributed by atoms with Gasteiger partial charge in [-0.25, -0.2) is 0 Å². The standard InChI is InChI=1S/C11H12N2S/c1-14-10-6-4-9(5-7-10)13-8-2-3-11(13)12/h2-8H,12H2,1H3. The Morgan fingerprint density at radius 2 is 1.86 bits per heavy atom. The average molecular weight is 204 g/mol. The molecule has 2 nitrogen and oxygen atoms in total. The third-order valence-electron chi connectivity index (χ3n) is 2.13. The molecule has 2 aromatic rings. The van der Waals surface area contributed by atoms with Gasteiger partial charge in [-0.15, -0.1) is 11.8 Å². The van der Waals surface area contributed by atoms with Crippen LogP contribution < -0.4 is 5.73 Å². The molecule has 0 saturated heterocycles. The monoisotopic (exact) mass is 204 g/mol. The normalized spacial score (nSPS) is 10.4. The van der Waals surface area contributed by atoms with Gasteiger partial charge >= 0.3 is 0 Å². The second kappa shape index (κ2) is 3.80. The third-order valence-corrected chi connectivity index (χ3v) is 2.87. The Hall–Kier alpha value is -1.35. The Morgan fingerprint density at radius 3 is 2.36 bits per heavy atom. The first kappa shape index (κ1) is 9.21. The number of nitrogens with two attached hydrogens (primary N) is 1. The lowest BCUT2D eigenvalue weighted by Crippen LogP contribution is -1.97. The quantitative estimate of drug-likeness (QED) is 0.763. The topological polar surface area (TPSA) is 30.9 Å². The molecular weight excluding hydrogens is 192 g/mol. The predicted octanol–water partition coefficient (Wildman–Crippen LogP) is 2.78. The summed E-state index contributed by atoms with van der Waals surface area (Å²) in [5.41, 5.74) is 6.90. The molecule has 0 fully saturated rings. The number of hydrogen-bond donors (Lipinski definition) is 1. The molecule has 0 radical (unpaired) electrons. The van der Waals surface area contributed by atoms with Gasteiger partial charge in [0.2, 0.25) is 0 Å². The van der Waals surface area contributed by atoms with E-state index in [2.05, 4.69) is 30.5 Å². The summed E-state index contributed by atoms with van der Waals surface area (Å²) in [5.74, 6) is 0.766. The Kier molecular flexibility index (Phi) is 2.50. The zero-order valence-corrected chi connectivity index (χ0v) is 8.79. The van der Waals surface area contributed by atoms with Crippen molar-refractivity contribution < 1.29 is 0 Å². The summed E-state index contributed by atoms with van der Waals surface area (Å²) < 4.78 is 1.96. The number of anilines is 1. The lowest BCUT2D eigenvalue weighted by molar-refractivity contribution is 1.09. The summed E-state index contributed by atoms with van der Waals surface area (Å²) in [6.45, 7) is 0. The highest BCUT2D eigenvalue weighted by Crippen LogP contribution is 2.19. The van der Waals surface area contributed by atoms with Crippen LogP contribution in [0.5, 0.6) is 0 Å². The second-order valence-corrected chi connectivity index (χ2v) is 3.88. The molecule has 0 aliphatic heterocycles. The molecule has 2 N–H and O–H groups in total.